The molecule has 0 heterocycles. The van der Waals surface area contributed by atoms with E-state index in [0.29, 0.717) is 6.42 Å². The SMILES string of the molecule is CC/C=C/CC(=O)OC. The van der Waals surface area contributed by atoms with Crippen molar-refractivity contribution in [2.24, 2.45) is 0 Å². The van der Waals surface area contributed by atoms with Crippen LogP contribution < -0.4 is 0 Å². The molecule has 0 spiro atoms. The Kier molecular flexibility index (Phi) is 4.88. The van der Waals surface area contributed by atoms with E-state index < -0.39 is 0 Å². The molecule has 2 heteroatoms. The number of carbonyl (C=O) groups excluding carboxylic acids is 1. The lowest BCUT2D eigenvalue weighted by Gasteiger charge is -1.90. The molecule has 0 rings (SSSR count). The summed E-state index contributed by atoms with van der Waals surface area (Å²) in [7, 11) is 1.39. The van der Waals surface area contributed by atoms with E-state index >= 15 is 0 Å². The first-order valence-electron chi connectivity index (χ1n) is 3.03. The molecule has 0 aromatic carbocycles. The lowest BCUT2D eigenvalue weighted by Crippen LogP contribution is -1.96. The molecule has 52 valence electrons. The average Bonchev–Trinajstić information content (AvgIpc) is 1.89. The predicted molar refractivity (Wildman–Crippen MR) is 36.1 cm³/mol. The van der Waals surface area contributed by atoms with E-state index in [-0.39, 0.29) is 5.97 Å². The Morgan fingerprint density at radius 1 is 1.56 bits per heavy atom. The van der Waals surface area contributed by atoms with Crippen molar-refractivity contribution in [3.63, 3.8) is 0 Å². The fraction of sp³-hybridized carbons (Fsp3) is 0.571. The van der Waals surface area contributed by atoms with Gasteiger partial charge in [0.1, 0.15) is 0 Å². The summed E-state index contributed by atoms with van der Waals surface area (Å²) in [6.07, 6.45) is 5.12. The van der Waals surface area contributed by atoms with Crippen LogP contribution in [0.3, 0.4) is 0 Å². The highest BCUT2D eigenvalue weighted by Crippen LogP contribution is 1.87. The minimum Gasteiger partial charge on any atom is -0.469 e. The summed E-state index contributed by atoms with van der Waals surface area (Å²) in [5.41, 5.74) is 0. The number of hydrogen-bond acceptors (Lipinski definition) is 2. The zero-order valence-electron chi connectivity index (χ0n) is 5.89. The molecule has 2 nitrogen and oxygen atoms in total. The van der Waals surface area contributed by atoms with Gasteiger partial charge in [0, 0.05) is 0 Å². The summed E-state index contributed by atoms with van der Waals surface area (Å²) in [6.45, 7) is 2.02. The maximum Gasteiger partial charge on any atom is 0.309 e. The van der Waals surface area contributed by atoms with Gasteiger partial charge in [-0.3, -0.25) is 4.79 Å². The number of methoxy groups -OCH3 is 1. The summed E-state index contributed by atoms with van der Waals surface area (Å²) in [5.74, 6) is -0.181. The lowest BCUT2D eigenvalue weighted by molar-refractivity contribution is -0.139. The fourth-order valence-corrected chi connectivity index (χ4v) is 0.430. The first-order valence-corrected chi connectivity index (χ1v) is 3.03. The van der Waals surface area contributed by atoms with Gasteiger partial charge in [0.05, 0.1) is 13.5 Å². The summed E-state index contributed by atoms with van der Waals surface area (Å²) < 4.78 is 4.41. The third-order valence-corrected chi connectivity index (χ3v) is 0.915. The van der Waals surface area contributed by atoms with Gasteiger partial charge in [-0.05, 0) is 6.42 Å². The smallest absolute Gasteiger partial charge is 0.309 e. The van der Waals surface area contributed by atoms with Crippen LogP contribution in [0.15, 0.2) is 12.2 Å². The van der Waals surface area contributed by atoms with Gasteiger partial charge in [-0.1, -0.05) is 19.1 Å². The number of ether oxygens (including phenoxy) is 1. The molecule has 0 saturated carbocycles. The number of carbonyl (C=O) groups is 1. The Labute approximate surface area is 55.5 Å². The second kappa shape index (κ2) is 5.35. The van der Waals surface area contributed by atoms with Crippen LogP contribution in [-0.2, 0) is 9.53 Å². The van der Waals surface area contributed by atoms with Crippen LogP contribution in [0.4, 0.5) is 0 Å². The van der Waals surface area contributed by atoms with Crippen LogP contribution in [0.25, 0.3) is 0 Å². The van der Waals surface area contributed by atoms with Gasteiger partial charge in [0.15, 0.2) is 0 Å². The predicted octanol–water partition coefficient (Wildman–Crippen LogP) is 1.52. The molecule has 0 bridgehead atoms. The topological polar surface area (TPSA) is 26.3 Å². The Morgan fingerprint density at radius 3 is 2.67 bits per heavy atom. The van der Waals surface area contributed by atoms with Gasteiger partial charge in [-0.2, -0.15) is 0 Å². The third kappa shape index (κ3) is 5.07. The average molecular weight is 128 g/mol. The Balaban J connectivity index is 3.26. The van der Waals surface area contributed by atoms with Crippen molar-refractivity contribution in [3.05, 3.63) is 12.2 Å². The van der Waals surface area contributed by atoms with E-state index in [1.54, 1.807) is 0 Å². The van der Waals surface area contributed by atoms with Gasteiger partial charge in [0.25, 0.3) is 0 Å². The Morgan fingerprint density at radius 2 is 2.22 bits per heavy atom. The van der Waals surface area contributed by atoms with Crippen LogP contribution in [-0.4, -0.2) is 13.1 Å². The maximum absolute atomic E-state index is 10.4. The summed E-state index contributed by atoms with van der Waals surface area (Å²) in [6, 6.07) is 0. The molecular weight excluding hydrogens is 116 g/mol. The Hall–Kier alpha value is -0.790. The molecule has 0 N–H and O–H groups in total. The molecular formula is C7H12O2. The number of rotatable bonds is 3. The van der Waals surface area contributed by atoms with Crippen LogP contribution in [0.2, 0.25) is 0 Å². The lowest BCUT2D eigenvalue weighted by atomic mass is 10.3. The largest absolute Gasteiger partial charge is 0.469 e. The molecule has 0 aliphatic rings. The molecule has 0 aliphatic heterocycles. The third-order valence-electron chi connectivity index (χ3n) is 0.915. The minimum absolute atomic E-state index is 0.181. The minimum atomic E-state index is -0.181. The van der Waals surface area contributed by atoms with Crippen LogP contribution in [0.5, 0.6) is 0 Å². The summed E-state index contributed by atoms with van der Waals surface area (Å²) >= 11 is 0. The van der Waals surface area contributed by atoms with E-state index in [1.807, 2.05) is 19.1 Å². The fourth-order valence-electron chi connectivity index (χ4n) is 0.430. The zero-order chi connectivity index (χ0) is 7.11. The van der Waals surface area contributed by atoms with Gasteiger partial charge in [0.2, 0.25) is 0 Å². The molecule has 0 aliphatic carbocycles. The van der Waals surface area contributed by atoms with Crippen molar-refractivity contribution in [2.75, 3.05) is 7.11 Å². The molecule has 0 amide bonds. The summed E-state index contributed by atoms with van der Waals surface area (Å²) in [4.78, 5) is 10.4. The number of allylic oxidation sites excluding steroid dienone is 1. The van der Waals surface area contributed by atoms with Crippen molar-refractivity contribution in [1.82, 2.24) is 0 Å². The summed E-state index contributed by atoms with van der Waals surface area (Å²) in [5, 5.41) is 0. The van der Waals surface area contributed by atoms with Crippen molar-refractivity contribution >= 4 is 5.97 Å². The molecule has 0 aromatic rings. The van der Waals surface area contributed by atoms with Crippen LogP contribution in [0, 0.1) is 0 Å². The van der Waals surface area contributed by atoms with Gasteiger partial charge in [-0.25, -0.2) is 0 Å². The monoisotopic (exact) mass is 128 g/mol. The van der Waals surface area contributed by atoms with Crippen molar-refractivity contribution in [2.45, 2.75) is 19.8 Å². The van der Waals surface area contributed by atoms with Gasteiger partial charge >= 0.3 is 5.97 Å². The molecule has 0 radical (unpaired) electrons. The zero-order valence-corrected chi connectivity index (χ0v) is 5.89. The Bertz CT molecular complexity index is 105. The molecule has 0 aromatic heterocycles. The highest BCUT2D eigenvalue weighted by molar-refractivity contribution is 5.70. The van der Waals surface area contributed by atoms with E-state index in [0.717, 1.165) is 6.42 Å². The number of hydrogen-bond donors (Lipinski definition) is 0. The highest BCUT2D eigenvalue weighted by atomic mass is 16.5. The first kappa shape index (κ1) is 8.21. The van der Waals surface area contributed by atoms with E-state index in [1.165, 1.54) is 7.11 Å². The normalized spacial score (nSPS) is 10.0. The van der Waals surface area contributed by atoms with Crippen molar-refractivity contribution < 1.29 is 9.53 Å². The maximum atomic E-state index is 10.4. The molecule has 0 saturated heterocycles. The van der Waals surface area contributed by atoms with Crippen LogP contribution in [0.1, 0.15) is 19.8 Å². The highest BCUT2D eigenvalue weighted by Gasteiger charge is 1.91. The van der Waals surface area contributed by atoms with Crippen LogP contribution >= 0.6 is 0 Å². The van der Waals surface area contributed by atoms with E-state index in [9.17, 15) is 4.79 Å². The standard InChI is InChI=1S/C7H12O2/c1-3-4-5-6-7(8)9-2/h4-5H,3,6H2,1-2H3/b5-4+. The molecule has 0 atom stereocenters. The van der Waals surface area contributed by atoms with Crippen molar-refractivity contribution in [1.29, 1.82) is 0 Å². The quantitative estimate of drug-likeness (QED) is 0.425. The molecule has 0 unspecified atom stereocenters. The van der Waals surface area contributed by atoms with Crippen molar-refractivity contribution in [3.8, 4) is 0 Å². The second-order valence-electron chi connectivity index (χ2n) is 1.66. The van der Waals surface area contributed by atoms with Gasteiger partial charge in [-0.15, -0.1) is 0 Å². The van der Waals surface area contributed by atoms with E-state index in [4.69, 9.17) is 0 Å². The first-order chi connectivity index (χ1) is 4.31. The molecule has 0 fully saturated rings. The molecule has 9 heavy (non-hydrogen) atoms. The second-order valence-corrected chi connectivity index (χ2v) is 1.66. The van der Waals surface area contributed by atoms with Gasteiger partial charge < -0.3 is 4.74 Å². The number of esters is 1. The van der Waals surface area contributed by atoms with E-state index in [2.05, 4.69) is 4.74 Å².